The van der Waals surface area contributed by atoms with Crippen molar-refractivity contribution in [3.8, 4) is 5.69 Å². The fourth-order valence-corrected chi connectivity index (χ4v) is 3.56. The van der Waals surface area contributed by atoms with Gasteiger partial charge in [0.1, 0.15) is 10.7 Å². The van der Waals surface area contributed by atoms with Gasteiger partial charge < -0.3 is 4.74 Å². The average molecular weight is 452 g/mol. The van der Waals surface area contributed by atoms with Gasteiger partial charge in [0.05, 0.1) is 23.9 Å². The predicted octanol–water partition coefficient (Wildman–Crippen LogP) is 3.58. The minimum atomic E-state index is -4.82. The molecule has 0 atom stereocenters. The summed E-state index contributed by atoms with van der Waals surface area (Å²) in [6.45, 7) is 0. The van der Waals surface area contributed by atoms with E-state index in [4.69, 9.17) is 0 Å². The van der Waals surface area contributed by atoms with Crippen LogP contribution in [0.15, 0.2) is 64.4 Å². The Hall–Kier alpha value is -3.60. The van der Waals surface area contributed by atoms with E-state index in [9.17, 15) is 31.9 Å². The van der Waals surface area contributed by atoms with E-state index in [1.54, 1.807) is 0 Å². The number of carbonyl (C=O) groups is 2. The summed E-state index contributed by atoms with van der Waals surface area (Å²) in [7, 11) is 1.04. The van der Waals surface area contributed by atoms with Crippen LogP contribution in [0.2, 0.25) is 0 Å². The first-order chi connectivity index (χ1) is 14.6. The van der Waals surface area contributed by atoms with Crippen molar-refractivity contribution in [3.63, 3.8) is 0 Å². The molecule has 160 valence electrons. The van der Waals surface area contributed by atoms with Gasteiger partial charge in [-0.25, -0.2) is 9.18 Å². The number of esters is 1. The standard InChI is InChI=1S/C20H12F4N2O4S/c1-30-18(29)15-10-16(27)26(14-9-5-3-7-12(14)20(22,23)24)19(31-15)25-17(28)11-6-2-4-8-13(11)21/h2-10H,1H3. The Morgan fingerprint density at radius 3 is 2.35 bits per heavy atom. The molecular formula is C20H12F4N2O4S. The average Bonchev–Trinajstić information content (AvgIpc) is 2.72. The van der Waals surface area contributed by atoms with E-state index < -0.39 is 51.0 Å². The zero-order chi connectivity index (χ0) is 22.8. The molecule has 3 aromatic rings. The Morgan fingerprint density at radius 1 is 1.06 bits per heavy atom. The molecule has 0 fully saturated rings. The van der Waals surface area contributed by atoms with Crippen LogP contribution in [-0.2, 0) is 10.9 Å². The zero-order valence-corrected chi connectivity index (χ0v) is 16.5. The van der Waals surface area contributed by atoms with Gasteiger partial charge in [-0.05, 0) is 24.3 Å². The maximum atomic E-state index is 14.0. The van der Waals surface area contributed by atoms with Crippen molar-refractivity contribution in [3.05, 3.63) is 91.6 Å². The Bertz CT molecular complexity index is 1300. The zero-order valence-electron chi connectivity index (χ0n) is 15.6. The number of nitrogens with zero attached hydrogens (tertiary/aromatic N) is 2. The molecule has 31 heavy (non-hydrogen) atoms. The third-order valence-electron chi connectivity index (χ3n) is 4.01. The van der Waals surface area contributed by atoms with Gasteiger partial charge in [0.25, 0.3) is 11.5 Å². The van der Waals surface area contributed by atoms with Crippen LogP contribution < -0.4 is 10.4 Å². The van der Waals surface area contributed by atoms with Crippen LogP contribution in [0.25, 0.3) is 5.69 Å². The second kappa shape index (κ2) is 8.64. The maximum absolute atomic E-state index is 14.0. The van der Waals surface area contributed by atoms with E-state index in [0.29, 0.717) is 15.9 Å². The highest BCUT2D eigenvalue weighted by Gasteiger charge is 2.34. The number of halogens is 4. The first-order valence-corrected chi connectivity index (χ1v) is 9.31. The van der Waals surface area contributed by atoms with Crippen molar-refractivity contribution in [2.75, 3.05) is 7.11 Å². The van der Waals surface area contributed by atoms with Crippen molar-refractivity contribution < 1.29 is 31.9 Å². The van der Waals surface area contributed by atoms with Crippen LogP contribution in [0.3, 0.4) is 0 Å². The minimum absolute atomic E-state index is 0.298. The lowest BCUT2D eigenvalue weighted by atomic mass is 10.1. The van der Waals surface area contributed by atoms with Gasteiger partial charge in [-0.15, -0.1) is 0 Å². The number of carbonyl (C=O) groups excluding carboxylic acids is 2. The van der Waals surface area contributed by atoms with Gasteiger partial charge in [-0.3, -0.25) is 14.2 Å². The number of aromatic nitrogens is 1. The highest BCUT2D eigenvalue weighted by molar-refractivity contribution is 7.11. The van der Waals surface area contributed by atoms with E-state index in [2.05, 4.69) is 9.73 Å². The monoisotopic (exact) mass is 452 g/mol. The van der Waals surface area contributed by atoms with Crippen molar-refractivity contribution in [1.29, 1.82) is 0 Å². The molecule has 6 nitrogen and oxygen atoms in total. The molecule has 3 rings (SSSR count). The molecular weight excluding hydrogens is 440 g/mol. The van der Waals surface area contributed by atoms with Gasteiger partial charge in [0, 0.05) is 6.07 Å². The predicted molar refractivity (Wildman–Crippen MR) is 103 cm³/mol. The third kappa shape index (κ3) is 4.61. The number of para-hydroxylation sites is 1. The minimum Gasteiger partial charge on any atom is -0.465 e. The number of alkyl halides is 3. The van der Waals surface area contributed by atoms with Crippen molar-refractivity contribution >= 4 is 23.2 Å². The van der Waals surface area contributed by atoms with Crippen molar-refractivity contribution in [1.82, 2.24) is 4.57 Å². The first-order valence-electron chi connectivity index (χ1n) is 8.49. The second-order valence-corrected chi connectivity index (χ2v) is 6.98. The van der Waals surface area contributed by atoms with Crippen LogP contribution >= 0.6 is 11.3 Å². The van der Waals surface area contributed by atoms with E-state index >= 15 is 0 Å². The highest BCUT2D eigenvalue weighted by atomic mass is 32.1. The lowest BCUT2D eigenvalue weighted by Gasteiger charge is -2.14. The summed E-state index contributed by atoms with van der Waals surface area (Å²) in [5.74, 6) is -3.00. The van der Waals surface area contributed by atoms with E-state index in [1.807, 2.05) is 0 Å². The van der Waals surface area contributed by atoms with E-state index in [1.165, 1.54) is 18.2 Å². The SMILES string of the molecule is COC(=O)c1cc(=O)n(-c2ccccc2C(F)(F)F)c(=NC(=O)c2ccccc2F)s1. The summed E-state index contributed by atoms with van der Waals surface area (Å²) in [4.78, 5) is 39.9. The molecule has 1 aromatic heterocycles. The molecule has 11 heteroatoms. The van der Waals surface area contributed by atoms with Crippen molar-refractivity contribution in [2.45, 2.75) is 6.18 Å². The fraction of sp³-hybridized carbons (Fsp3) is 0.100. The summed E-state index contributed by atoms with van der Waals surface area (Å²) in [6, 6.07) is 9.77. The van der Waals surface area contributed by atoms with Crippen molar-refractivity contribution in [2.24, 2.45) is 4.99 Å². The maximum Gasteiger partial charge on any atom is 0.418 e. The van der Waals surface area contributed by atoms with Gasteiger partial charge in [0.15, 0.2) is 0 Å². The van der Waals surface area contributed by atoms with Crippen LogP contribution in [0.4, 0.5) is 17.6 Å². The Morgan fingerprint density at radius 2 is 1.71 bits per heavy atom. The van der Waals surface area contributed by atoms with Crippen LogP contribution in [0.5, 0.6) is 0 Å². The molecule has 0 aliphatic rings. The Kier molecular flexibility index (Phi) is 6.16. The molecule has 0 saturated carbocycles. The molecule has 1 heterocycles. The molecule has 2 aromatic carbocycles. The lowest BCUT2D eigenvalue weighted by molar-refractivity contribution is -0.137. The molecule has 1 amide bonds. The van der Waals surface area contributed by atoms with Crippen LogP contribution in [-0.4, -0.2) is 23.6 Å². The smallest absolute Gasteiger partial charge is 0.418 e. The summed E-state index contributed by atoms with van der Waals surface area (Å²) in [6.07, 6.45) is -4.82. The molecule has 0 radical (unpaired) electrons. The molecule has 0 aliphatic heterocycles. The molecule has 0 aliphatic carbocycles. The second-order valence-electron chi connectivity index (χ2n) is 5.97. The largest absolute Gasteiger partial charge is 0.465 e. The van der Waals surface area contributed by atoms with Crippen LogP contribution in [0, 0.1) is 5.82 Å². The number of ether oxygens (including phenoxy) is 1. The van der Waals surface area contributed by atoms with E-state index in [-0.39, 0.29) is 4.88 Å². The van der Waals surface area contributed by atoms with Crippen LogP contribution in [0.1, 0.15) is 25.6 Å². The summed E-state index contributed by atoms with van der Waals surface area (Å²) < 4.78 is 59.6. The molecule has 0 N–H and O–H groups in total. The quantitative estimate of drug-likeness (QED) is 0.450. The number of amides is 1. The number of rotatable bonds is 3. The van der Waals surface area contributed by atoms with Gasteiger partial charge in [0.2, 0.25) is 4.80 Å². The van der Waals surface area contributed by atoms with Gasteiger partial charge in [-0.2, -0.15) is 18.2 Å². The number of methoxy groups -OCH3 is 1. The Balaban J connectivity index is 2.36. The number of hydrogen-bond donors (Lipinski definition) is 0. The lowest BCUT2D eigenvalue weighted by Crippen LogP contribution is -2.33. The Labute approximate surface area is 175 Å². The van der Waals surface area contributed by atoms with Gasteiger partial charge in [-0.1, -0.05) is 35.6 Å². The van der Waals surface area contributed by atoms with Gasteiger partial charge >= 0.3 is 12.1 Å². The number of hydrogen-bond acceptors (Lipinski definition) is 5. The molecule has 0 saturated heterocycles. The highest BCUT2D eigenvalue weighted by Crippen LogP contribution is 2.32. The topological polar surface area (TPSA) is 77.7 Å². The summed E-state index contributed by atoms with van der Waals surface area (Å²) in [5, 5.41) is 0. The summed E-state index contributed by atoms with van der Waals surface area (Å²) >= 11 is 0.450. The third-order valence-corrected chi connectivity index (χ3v) is 4.97. The van der Waals surface area contributed by atoms with E-state index in [0.717, 1.165) is 43.5 Å². The molecule has 0 unspecified atom stereocenters. The normalized spacial score (nSPS) is 12.0. The first kappa shape index (κ1) is 22.1. The molecule has 0 bridgehead atoms. The molecule has 0 spiro atoms. The fourth-order valence-electron chi connectivity index (χ4n) is 2.63. The number of benzene rings is 2. The summed E-state index contributed by atoms with van der Waals surface area (Å²) in [5.41, 5.74) is -3.28.